The number of hydrogen-bond donors (Lipinski definition) is 1. The summed E-state index contributed by atoms with van der Waals surface area (Å²) in [4.78, 5) is 12.2. The summed E-state index contributed by atoms with van der Waals surface area (Å²) in [5.74, 6) is 0.360. The third-order valence-corrected chi connectivity index (χ3v) is 6.94. The molecule has 1 saturated heterocycles. The van der Waals surface area contributed by atoms with E-state index in [4.69, 9.17) is 14.2 Å². The summed E-state index contributed by atoms with van der Waals surface area (Å²) in [6, 6.07) is 12.2. The standard InChI is InChI=1S/C27H34O5/c1-6-30-22-10-8-7-9-18(22)11-12-23-19(26(28)29)15-21-25(31-23)20-14-16(2)13-17(3)24(20)32-27(21,4)5/h7-10,13-14,19,21,23,25H,6,11-12,15H2,1-5H3,(H,28,29)/t19-,21+,23+,25-/m1/s1. The maximum absolute atomic E-state index is 12.2. The van der Waals surface area contributed by atoms with Crippen LogP contribution in [0.4, 0.5) is 0 Å². The van der Waals surface area contributed by atoms with Crippen LogP contribution in [0.15, 0.2) is 36.4 Å². The van der Waals surface area contributed by atoms with Crippen molar-refractivity contribution in [3.05, 3.63) is 58.7 Å². The molecule has 0 radical (unpaired) electrons. The molecule has 5 nitrogen and oxygen atoms in total. The summed E-state index contributed by atoms with van der Waals surface area (Å²) in [6.45, 7) is 10.8. The van der Waals surface area contributed by atoms with E-state index in [0.717, 1.165) is 33.8 Å². The second kappa shape index (κ2) is 8.78. The number of fused-ring (bicyclic) bond motifs is 3. The van der Waals surface area contributed by atoms with Gasteiger partial charge in [-0.1, -0.05) is 29.8 Å². The minimum atomic E-state index is -0.798. The van der Waals surface area contributed by atoms with E-state index in [1.54, 1.807) is 0 Å². The zero-order chi connectivity index (χ0) is 23.0. The Morgan fingerprint density at radius 2 is 1.97 bits per heavy atom. The van der Waals surface area contributed by atoms with E-state index in [-0.39, 0.29) is 18.1 Å². The maximum Gasteiger partial charge on any atom is 0.309 e. The third-order valence-electron chi connectivity index (χ3n) is 6.94. The Hall–Kier alpha value is -2.53. The van der Waals surface area contributed by atoms with Gasteiger partial charge in [0.05, 0.1) is 24.7 Å². The summed E-state index contributed by atoms with van der Waals surface area (Å²) in [7, 11) is 0. The molecule has 1 fully saturated rings. The van der Waals surface area contributed by atoms with E-state index in [2.05, 4.69) is 26.0 Å². The van der Waals surface area contributed by atoms with E-state index in [9.17, 15) is 9.90 Å². The molecule has 4 atom stereocenters. The van der Waals surface area contributed by atoms with Crippen LogP contribution in [0.1, 0.15) is 62.0 Å². The Balaban J connectivity index is 1.64. The first-order valence-electron chi connectivity index (χ1n) is 11.6. The van der Waals surface area contributed by atoms with Crippen LogP contribution in [-0.4, -0.2) is 29.4 Å². The molecule has 0 aromatic heterocycles. The minimum Gasteiger partial charge on any atom is -0.494 e. The molecule has 0 amide bonds. The lowest BCUT2D eigenvalue weighted by atomic mass is 9.71. The molecule has 0 saturated carbocycles. The highest BCUT2D eigenvalue weighted by atomic mass is 16.5. The van der Waals surface area contributed by atoms with Crippen LogP contribution in [0.5, 0.6) is 11.5 Å². The van der Waals surface area contributed by atoms with E-state index in [1.807, 2.05) is 45.0 Å². The van der Waals surface area contributed by atoms with Crippen LogP contribution in [0.2, 0.25) is 0 Å². The largest absolute Gasteiger partial charge is 0.494 e. The van der Waals surface area contributed by atoms with Gasteiger partial charge >= 0.3 is 5.97 Å². The fraction of sp³-hybridized carbons (Fsp3) is 0.519. The van der Waals surface area contributed by atoms with Gasteiger partial charge in [0.2, 0.25) is 0 Å². The van der Waals surface area contributed by atoms with Gasteiger partial charge in [-0.15, -0.1) is 0 Å². The van der Waals surface area contributed by atoms with Crippen LogP contribution in [0.3, 0.4) is 0 Å². The number of aryl methyl sites for hydroxylation is 3. The molecule has 0 spiro atoms. The van der Waals surface area contributed by atoms with E-state index < -0.39 is 17.5 Å². The van der Waals surface area contributed by atoms with Gasteiger partial charge in [0.1, 0.15) is 17.1 Å². The number of para-hydroxylation sites is 1. The van der Waals surface area contributed by atoms with E-state index in [1.165, 1.54) is 0 Å². The highest BCUT2D eigenvalue weighted by Gasteiger charge is 2.52. The first-order chi connectivity index (χ1) is 15.2. The second-order valence-corrected chi connectivity index (χ2v) is 9.67. The highest BCUT2D eigenvalue weighted by molar-refractivity contribution is 5.71. The van der Waals surface area contributed by atoms with Crippen molar-refractivity contribution in [2.24, 2.45) is 11.8 Å². The van der Waals surface area contributed by atoms with Crippen LogP contribution < -0.4 is 9.47 Å². The Morgan fingerprint density at radius 3 is 2.69 bits per heavy atom. The van der Waals surface area contributed by atoms with Gasteiger partial charge in [0.25, 0.3) is 0 Å². The molecular weight excluding hydrogens is 404 g/mol. The number of aliphatic carboxylic acids is 1. The number of ether oxygens (including phenoxy) is 3. The first kappa shape index (κ1) is 22.7. The van der Waals surface area contributed by atoms with Crippen LogP contribution in [0.25, 0.3) is 0 Å². The lowest BCUT2D eigenvalue weighted by Crippen LogP contribution is -2.52. The molecule has 5 heteroatoms. The molecule has 32 heavy (non-hydrogen) atoms. The summed E-state index contributed by atoms with van der Waals surface area (Å²) >= 11 is 0. The monoisotopic (exact) mass is 438 g/mol. The molecule has 2 aliphatic rings. The molecule has 2 aliphatic heterocycles. The summed E-state index contributed by atoms with van der Waals surface area (Å²) < 4.78 is 18.8. The number of carboxylic acid groups (broad SMARTS) is 1. The molecule has 0 aliphatic carbocycles. The van der Waals surface area contributed by atoms with Crippen molar-refractivity contribution in [3.8, 4) is 11.5 Å². The lowest BCUT2D eigenvalue weighted by molar-refractivity contribution is -0.188. The van der Waals surface area contributed by atoms with Crippen LogP contribution >= 0.6 is 0 Å². The maximum atomic E-state index is 12.2. The fourth-order valence-corrected chi connectivity index (χ4v) is 5.38. The van der Waals surface area contributed by atoms with Crippen molar-refractivity contribution in [3.63, 3.8) is 0 Å². The number of carbonyl (C=O) groups is 1. The summed E-state index contributed by atoms with van der Waals surface area (Å²) in [6.07, 6.45) is 1.34. The van der Waals surface area contributed by atoms with Crippen molar-refractivity contribution >= 4 is 5.97 Å². The molecule has 1 N–H and O–H groups in total. The zero-order valence-electron chi connectivity index (χ0n) is 19.7. The van der Waals surface area contributed by atoms with Crippen LogP contribution in [0, 0.1) is 25.7 Å². The van der Waals surface area contributed by atoms with Gasteiger partial charge in [0, 0.05) is 11.5 Å². The van der Waals surface area contributed by atoms with Crippen molar-refractivity contribution in [1.82, 2.24) is 0 Å². The molecule has 2 aromatic rings. The van der Waals surface area contributed by atoms with Gasteiger partial charge in [-0.25, -0.2) is 0 Å². The normalized spacial score (nSPS) is 25.9. The Kier molecular flexibility index (Phi) is 6.22. The Bertz CT molecular complexity index is 996. The van der Waals surface area contributed by atoms with E-state index in [0.29, 0.717) is 25.9 Å². The Labute approximate surface area is 190 Å². The highest BCUT2D eigenvalue weighted by Crippen LogP contribution is 2.53. The average molecular weight is 439 g/mol. The van der Waals surface area contributed by atoms with Crippen molar-refractivity contribution in [1.29, 1.82) is 0 Å². The summed E-state index contributed by atoms with van der Waals surface area (Å²) in [5.41, 5.74) is 3.89. The minimum absolute atomic E-state index is 0.0238. The van der Waals surface area contributed by atoms with Crippen molar-refractivity contribution in [2.75, 3.05) is 6.61 Å². The zero-order valence-corrected chi connectivity index (χ0v) is 19.7. The van der Waals surface area contributed by atoms with E-state index >= 15 is 0 Å². The number of carboxylic acids is 1. The predicted octanol–water partition coefficient (Wildman–Crippen LogP) is 5.65. The topological polar surface area (TPSA) is 65.0 Å². The molecule has 172 valence electrons. The molecule has 0 unspecified atom stereocenters. The molecule has 4 rings (SSSR count). The van der Waals surface area contributed by atoms with Gasteiger partial charge in [-0.2, -0.15) is 0 Å². The van der Waals surface area contributed by atoms with Gasteiger partial charge in [0.15, 0.2) is 0 Å². The quantitative estimate of drug-likeness (QED) is 0.631. The smallest absolute Gasteiger partial charge is 0.309 e. The second-order valence-electron chi connectivity index (χ2n) is 9.67. The molecule has 0 bridgehead atoms. The molecular formula is C27H34O5. The predicted molar refractivity (Wildman–Crippen MR) is 123 cm³/mol. The van der Waals surface area contributed by atoms with Gasteiger partial charge in [-0.05, 0) is 77.1 Å². The van der Waals surface area contributed by atoms with Gasteiger partial charge < -0.3 is 19.3 Å². The molecule has 2 aromatic carbocycles. The number of rotatable bonds is 6. The lowest BCUT2D eigenvalue weighted by Gasteiger charge is -2.50. The van der Waals surface area contributed by atoms with Crippen molar-refractivity contribution < 1.29 is 24.1 Å². The summed E-state index contributed by atoms with van der Waals surface area (Å²) in [5, 5.41) is 10.0. The Morgan fingerprint density at radius 1 is 1.22 bits per heavy atom. The number of hydrogen-bond acceptors (Lipinski definition) is 4. The van der Waals surface area contributed by atoms with Crippen molar-refractivity contribution in [2.45, 2.75) is 71.7 Å². The van der Waals surface area contributed by atoms with Crippen LogP contribution in [-0.2, 0) is 16.0 Å². The third kappa shape index (κ3) is 4.23. The average Bonchev–Trinajstić information content (AvgIpc) is 2.73. The SMILES string of the molecule is CCOc1ccccc1CC[C@@H]1O[C@@H]2c3cc(C)cc(C)c3OC(C)(C)[C@H]2C[C@H]1C(=O)O. The number of benzene rings is 2. The fourth-order valence-electron chi connectivity index (χ4n) is 5.38. The first-order valence-corrected chi connectivity index (χ1v) is 11.6. The molecule has 2 heterocycles. The van der Waals surface area contributed by atoms with Gasteiger partial charge in [-0.3, -0.25) is 4.79 Å².